The third-order valence-corrected chi connectivity index (χ3v) is 2.09. The Morgan fingerprint density at radius 1 is 1.31 bits per heavy atom. The van der Waals surface area contributed by atoms with Gasteiger partial charge in [-0.25, -0.2) is 9.59 Å². The van der Waals surface area contributed by atoms with Crippen molar-refractivity contribution < 1.29 is 19.8 Å². The van der Waals surface area contributed by atoms with Crippen molar-refractivity contribution in [1.82, 2.24) is 10.6 Å². The molecule has 6 heteroatoms. The van der Waals surface area contributed by atoms with Crippen LogP contribution in [-0.4, -0.2) is 41.4 Å². The Bertz CT molecular complexity index is 221. The van der Waals surface area contributed by atoms with Crippen LogP contribution in [0.3, 0.4) is 0 Å². The number of rotatable bonds is 8. The Morgan fingerprint density at radius 2 is 2.00 bits per heavy atom. The van der Waals surface area contributed by atoms with E-state index in [0.29, 0.717) is 6.54 Å². The second-order valence-electron chi connectivity index (χ2n) is 3.51. The van der Waals surface area contributed by atoms with Crippen LogP contribution in [0.4, 0.5) is 4.79 Å². The minimum absolute atomic E-state index is 0.0116. The van der Waals surface area contributed by atoms with E-state index in [-0.39, 0.29) is 13.0 Å². The summed E-state index contributed by atoms with van der Waals surface area (Å²) in [6, 6.07) is -1.53. The zero-order chi connectivity index (χ0) is 12.4. The maximum absolute atomic E-state index is 11.2. The lowest BCUT2D eigenvalue weighted by atomic mass is 10.2. The molecule has 0 saturated carbocycles. The van der Waals surface area contributed by atoms with Gasteiger partial charge in [0.2, 0.25) is 0 Å². The molecule has 1 unspecified atom stereocenters. The summed E-state index contributed by atoms with van der Waals surface area (Å²) in [6.45, 7) is 2.32. The molecule has 2 amide bonds. The molecule has 0 saturated heterocycles. The van der Waals surface area contributed by atoms with Crippen molar-refractivity contribution in [2.75, 3.05) is 13.2 Å². The molecule has 0 aliphatic carbocycles. The highest BCUT2D eigenvalue weighted by molar-refractivity contribution is 5.82. The smallest absolute Gasteiger partial charge is 0.326 e. The van der Waals surface area contributed by atoms with Crippen LogP contribution < -0.4 is 10.6 Å². The largest absolute Gasteiger partial charge is 0.480 e. The predicted octanol–water partition coefficient (Wildman–Crippen LogP) is 0.311. The summed E-state index contributed by atoms with van der Waals surface area (Å²) in [5, 5.41) is 22.2. The van der Waals surface area contributed by atoms with E-state index in [1.807, 2.05) is 0 Å². The van der Waals surface area contributed by atoms with Gasteiger partial charge in [-0.1, -0.05) is 19.8 Å². The molecule has 0 spiro atoms. The number of hydrogen-bond donors (Lipinski definition) is 4. The maximum atomic E-state index is 11.2. The van der Waals surface area contributed by atoms with Gasteiger partial charge in [0.1, 0.15) is 6.04 Å². The fourth-order valence-corrected chi connectivity index (χ4v) is 1.17. The standard InChI is InChI=1S/C10H20N2O4/c1-2-3-4-6-11-10(16)12-8(5-7-13)9(14)15/h8,13H,2-7H2,1H3,(H,14,15)(H2,11,12,16). The lowest BCUT2D eigenvalue weighted by molar-refractivity contribution is -0.139. The van der Waals surface area contributed by atoms with Crippen LogP contribution in [0.5, 0.6) is 0 Å². The van der Waals surface area contributed by atoms with E-state index >= 15 is 0 Å². The van der Waals surface area contributed by atoms with Crippen molar-refractivity contribution in [3.8, 4) is 0 Å². The minimum Gasteiger partial charge on any atom is -0.480 e. The summed E-state index contributed by atoms with van der Waals surface area (Å²) in [6.07, 6.45) is 2.98. The molecular formula is C10H20N2O4. The van der Waals surface area contributed by atoms with Crippen molar-refractivity contribution in [3.63, 3.8) is 0 Å². The van der Waals surface area contributed by atoms with Crippen molar-refractivity contribution in [3.05, 3.63) is 0 Å². The van der Waals surface area contributed by atoms with Gasteiger partial charge in [0.25, 0.3) is 0 Å². The van der Waals surface area contributed by atoms with Gasteiger partial charge in [0, 0.05) is 19.6 Å². The third-order valence-electron chi connectivity index (χ3n) is 2.09. The molecule has 0 fully saturated rings. The van der Waals surface area contributed by atoms with Gasteiger partial charge in [-0.15, -0.1) is 0 Å². The van der Waals surface area contributed by atoms with E-state index < -0.39 is 18.0 Å². The molecule has 0 aromatic carbocycles. The number of aliphatic carboxylic acids is 1. The van der Waals surface area contributed by atoms with Crippen molar-refractivity contribution >= 4 is 12.0 Å². The molecular weight excluding hydrogens is 212 g/mol. The van der Waals surface area contributed by atoms with Gasteiger partial charge >= 0.3 is 12.0 Å². The number of carboxylic acid groups (broad SMARTS) is 1. The first-order valence-corrected chi connectivity index (χ1v) is 5.49. The van der Waals surface area contributed by atoms with Crippen LogP contribution in [0.2, 0.25) is 0 Å². The highest BCUT2D eigenvalue weighted by atomic mass is 16.4. The number of amides is 2. The quantitative estimate of drug-likeness (QED) is 0.453. The molecule has 0 rings (SSSR count). The summed E-state index contributed by atoms with van der Waals surface area (Å²) in [4.78, 5) is 21.9. The highest BCUT2D eigenvalue weighted by Crippen LogP contribution is 1.93. The molecule has 0 radical (unpaired) electrons. The van der Waals surface area contributed by atoms with Gasteiger partial charge in [-0.2, -0.15) is 0 Å². The summed E-state index contributed by atoms with van der Waals surface area (Å²) in [5.74, 6) is -1.14. The first-order valence-electron chi connectivity index (χ1n) is 5.49. The SMILES string of the molecule is CCCCCNC(=O)NC(CCO)C(=O)O. The molecule has 4 N–H and O–H groups in total. The lowest BCUT2D eigenvalue weighted by Gasteiger charge is -2.13. The molecule has 0 aromatic rings. The van der Waals surface area contributed by atoms with E-state index in [0.717, 1.165) is 19.3 Å². The topological polar surface area (TPSA) is 98.7 Å². The number of urea groups is 1. The fraction of sp³-hybridized carbons (Fsp3) is 0.800. The Balaban J connectivity index is 3.77. The van der Waals surface area contributed by atoms with Crippen molar-refractivity contribution in [2.45, 2.75) is 38.6 Å². The van der Waals surface area contributed by atoms with Gasteiger partial charge < -0.3 is 20.8 Å². The monoisotopic (exact) mass is 232 g/mol. The Labute approximate surface area is 95.0 Å². The molecule has 0 aromatic heterocycles. The summed E-state index contributed by atoms with van der Waals surface area (Å²) in [5.41, 5.74) is 0. The van der Waals surface area contributed by atoms with Crippen molar-refractivity contribution in [1.29, 1.82) is 0 Å². The number of aliphatic hydroxyl groups excluding tert-OH is 1. The fourth-order valence-electron chi connectivity index (χ4n) is 1.17. The number of carbonyl (C=O) groups excluding carboxylic acids is 1. The van der Waals surface area contributed by atoms with E-state index in [4.69, 9.17) is 10.2 Å². The average Bonchev–Trinajstić information content (AvgIpc) is 2.23. The van der Waals surface area contributed by atoms with Crippen molar-refractivity contribution in [2.24, 2.45) is 0 Å². The van der Waals surface area contributed by atoms with Gasteiger partial charge in [-0.05, 0) is 6.42 Å². The van der Waals surface area contributed by atoms with Crippen LogP contribution in [0, 0.1) is 0 Å². The number of carboxylic acids is 1. The number of aliphatic hydroxyl groups is 1. The van der Waals surface area contributed by atoms with E-state index in [1.165, 1.54) is 0 Å². The second-order valence-corrected chi connectivity index (χ2v) is 3.51. The highest BCUT2D eigenvalue weighted by Gasteiger charge is 2.18. The van der Waals surface area contributed by atoms with E-state index in [1.54, 1.807) is 0 Å². The van der Waals surface area contributed by atoms with E-state index in [9.17, 15) is 9.59 Å². The molecule has 16 heavy (non-hydrogen) atoms. The first kappa shape index (κ1) is 14.7. The number of nitrogens with one attached hydrogen (secondary N) is 2. The molecule has 0 bridgehead atoms. The van der Waals surface area contributed by atoms with Crippen LogP contribution >= 0.6 is 0 Å². The van der Waals surface area contributed by atoms with Gasteiger partial charge in [0.05, 0.1) is 0 Å². The Morgan fingerprint density at radius 3 is 2.50 bits per heavy atom. The maximum Gasteiger partial charge on any atom is 0.326 e. The van der Waals surface area contributed by atoms with Gasteiger partial charge in [-0.3, -0.25) is 0 Å². The van der Waals surface area contributed by atoms with Crippen LogP contribution in [0.15, 0.2) is 0 Å². The molecule has 94 valence electrons. The summed E-state index contributed by atoms with van der Waals surface area (Å²) in [7, 11) is 0. The third kappa shape index (κ3) is 7.05. The Kier molecular flexibility index (Phi) is 8.24. The zero-order valence-corrected chi connectivity index (χ0v) is 9.53. The number of carbonyl (C=O) groups is 2. The molecule has 1 atom stereocenters. The zero-order valence-electron chi connectivity index (χ0n) is 9.53. The number of unbranched alkanes of at least 4 members (excludes halogenated alkanes) is 2. The van der Waals surface area contributed by atoms with E-state index in [2.05, 4.69) is 17.6 Å². The predicted molar refractivity (Wildman–Crippen MR) is 59.2 cm³/mol. The molecule has 0 aliphatic heterocycles. The average molecular weight is 232 g/mol. The molecule has 6 nitrogen and oxygen atoms in total. The van der Waals surface area contributed by atoms with Crippen LogP contribution in [0.1, 0.15) is 32.6 Å². The van der Waals surface area contributed by atoms with Crippen LogP contribution in [0.25, 0.3) is 0 Å². The molecule has 0 heterocycles. The summed E-state index contributed by atoms with van der Waals surface area (Å²) < 4.78 is 0. The van der Waals surface area contributed by atoms with Gasteiger partial charge in [0.15, 0.2) is 0 Å². The van der Waals surface area contributed by atoms with Crippen LogP contribution in [-0.2, 0) is 4.79 Å². The summed E-state index contributed by atoms with van der Waals surface area (Å²) >= 11 is 0. The first-order chi connectivity index (χ1) is 7.61. The second kappa shape index (κ2) is 8.96. The molecule has 0 aliphatic rings. The minimum atomic E-state index is -1.14. The number of hydrogen-bond acceptors (Lipinski definition) is 3. The normalized spacial score (nSPS) is 11.9. The lowest BCUT2D eigenvalue weighted by Crippen LogP contribution is -2.46. The Hall–Kier alpha value is -1.30.